The van der Waals surface area contributed by atoms with Gasteiger partial charge in [-0.05, 0) is 67.6 Å². The molecule has 0 saturated carbocycles. The molecule has 0 bridgehead atoms. The van der Waals surface area contributed by atoms with Gasteiger partial charge in [0.2, 0.25) is 9.84 Å². The van der Waals surface area contributed by atoms with Gasteiger partial charge in [0.05, 0.1) is 9.79 Å². The van der Waals surface area contributed by atoms with Gasteiger partial charge in [-0.3, -0.25) is 4.79 Å². The molecule has 2 N–H and O–H groups in total. The molecule has 0 fully saturated rings. The molecule has 0 amide bonds. The van der Waals surface area contributed by atoms with Gasteiger partial charge in [-0.2, -0.15) is 0 Å². The summed E-state index contributed by atoms with van der Waals surface area (Å²) in [7, 11) is -1.80. The summed E-state index contributed by atoms with van der Waals surface area (Å²) in [6.07, 6.45) is 0. The maximum atomic E-state index is 12.7. The molecule has 0 atom stereocenters. The first-order chi connectivity index (χ1) is 13.9. The van der Waals surface area contributed by atoms with Crippen LogP contribution in [0, 0.1) is 0 Å². The van der Waals surface area contributed by atoms with E-state index in [-0.39, 0.29) is 22.3 Å². The van der Waals surface area contributed by atoms with Gasteiger partial charge < -0.3 is 15.4 Å². The lowest BCUT2D eigenvalue weighted by molar-refractivity contribution is 0.101. The van der Waals surface area contributed by atoms with Crippen LogP contribution in [0.1, 0.15) is 17.3 Å². The highest BCUT2D eigenvalue weighted by molar-refractivity contribution is 7.91. The van der Waals surface area contributed by atoms with E-state index >= 15 is 0 Å². The number of benzene rings is 3. The van der Waals surface area contributed by atoms with Crippen molar-refractivity contribution in [1.29, 1.82) is 0 Å². The summed E-state index contributed by atoms with van der Waals surface area (Å²) in [5, 5.41) is 6.03. The van der Waals surface area contributed by atoms with Crippen molar-refractivity contribution in [1.82, 2.24) is 0 Å². The van der Waals surface area contributed by atoms with Crippen molar-refractivity contribution in [3.8, 4) is 5.75 Å². The minimum absolute atomic E-state index is 0.0270. The molecule has 0 radical (unpaired) electrons. The molecular weight excluding hydrogens is 388 g/mol. The summed E-state index contributed by atoms with van der Waals surface area (Å²) < 4.78 is 31.1. The fourth-order valence-corrected chi connectivity index (χ4v) is 3.96. The number of ketones is 1. The van der Waals surface area contributed by atoms with Gasteiger partial charge in [-0.15, -0.1) is 0 Å². The van der Waals surface area contributed by atoms with Crippen LogP contribution in [0.5, 0.6) is 5.75 Å². The number of anilines is 2. The Labute approximate surface area is 170 Å². The van der Waals surface area contributed by atoms with Gasteiger partial charge in [-0.25, -0.2) is 8.42 Å². The number of carbonyl (C=O) groups excluding carboxylic acids is 1. The largest absolute Gasteiger partial charge is 0.473 e. The zero-order chi connectivity index (χ0) is 20.9. The second-order valence-corrected chi connectivity index (χ2v) is 8.30. The first-order valence-corrected chi connectivity index (χ1v) is 10.5. The Morgan fingerprint density at radius 2 is 1.48 bits per heavy atom. The molecule has 150 valence electrons. The molecular formula is C22H22N2O4S. The van der Waals surface area contributed by atoms with Crippen LogP contribution in [0.2, 0.25) is 0 Å². The summed E-state index contributed by atoms with van der Waals surface area (Å²) in [4.78, 5) is 11.9. The molecule has 3 rings (SSSR count). The first-order valence-electron chi connectivity index (χ1n) is 9.01. The number of ether oxygens (including phenoxy) is 1. The maximum absolute atomic E-state index is 12.7. The van der Waals surface area contributed by atoms with E-state index in [1.165, 1.54) is 6.92 Å². The Morgan fingerprint density at radius 3 is 2.03 bits per heavy atom. The number of Topliss-reactive ketones (excluding diaryl/α,β-unsaturated/α-hetero) is 1. The summed E-state index contributed by atoms with van der Waals surface area (Å²) in [6, 6.07) is 20.0. The van der Waals surface area contributed by atoms with E-state index in [2.05, 4.69) is 10.6 Å². The Morgan fingerprint density at radius 1 is 0.897 bits per heavy atom. The molecule has 0 aliphatic carbocycles. The van der Waals surface area contributed by atoms with E-state index in [9.17, 15) is 13.2 Å². The number of sulfone groups is 1. The van der Waals surface area contributed by atoms with Crippen LogP contribution in [-0.2, 0) is 9.84 Å². The molecule has 0 saturated heterocycles. The van der Waals surface area contributed by atoms with E-state index in [0.29, 0.717) is 11.3 Å². The van der Waals surface area contributed by atoms with Gasteiger partial charge in [-0.1, -0.05) is 12.1 Å². The molecule has 0 unspecified atom stereocenters. The Kier molecular flexibility index (Phi) is 6.19. The quantitative estimate of drug-likeness (QED) is 0.427. The molecule has 6 nitrogen and oxygen atoms in total. The van der Waals surface area contributed by atoms with Gasteiger partial charge >= 0.3 is 0 Å². The van der Waals surface area contributed by atoms with Crippen LogP contribution in [0.3, 0.4) is 0 Å². The van der Waals surface area contributed by atoms with Gasteiger partial charge in [0.25, 0.3) is 0 Å². The van der Waals surface area contributed by atoms with Crippen LogP contribution < -0.4 is 15.4 Å². The van der Waals surface area contributed by atoms with Gasteiger partial charge in [0.1, 0.15) is 5.75 Å². The standard InChI is InChI=1S/C22H22N2O4S/c1-16(25)17-4-3-5-20(14-17)28-15-24-19-8-12-22(13-9-19)29(26,27)21-10-6-18(23-2)7-11-21/h3-14,23-24H,15H2,1-2H3. The summed E-state index contributed by atoms with van der Waals surface area (Å²) >= 11 is 0. The number of carbonyl (C=O) groups is 1. The van der Waals surface area contributed by atoms with Gasteiger partial charge in [0.15, 0.2) is 12.5 Å². The Bertz CT molecular complexity index is 1090. The molecule has 0 aliphatic heterocycles. The van der Waals surface area contributed by atoms with E-state index < -0.39 is 9.84 Å². The zero-order valence-electron chi connectivity index (χ0n) is 16.2. The van der Waals surface area contributed by atoms with Crippen molar-refractivity contribution in [2.24, 2.45) is 0 Å². The number of hydrogen-bond donors (Lipinski definition) is 2. The molecule has 0 aromatic heterocycles. The smallest absolute Gasteiger partial charge is 0.206 e. The van der Waals surface area contributed by atoms with Crippen LogP contribution >= 0.6 is 0 Å². The van der Waals surface area contributed by atoms with Gasteiger partial charge in [0, 0.05) is 24.0 Å². The van der Waals surface area contributed by atoms with Crippen LogP contribution in [0.4, 0.5) is 11.4 Å². The van der Waals surface area contributed by atoms with Crippen LogP contribution in [0.15, 0.2) is 82.6 Å². The number of nitrogens with one attached hydrogen (secondary N) is 2. The van der Waals surface area contributed by atoms with E-state index in [4.69, 9.17) is 4.74 Å². The van der Waals surface area contributed by atoms with Crippen LogP contribution in [-0.4, -0.2) is 28.0 Å². The fraction of sp³-hybridized carbons (Fsp3) is 0.136. The van der Waals surface area contributed by atoms with Crippen molar-refractivity contribution >= 4 is 27.0 Å². The Hall–Kier alpha value is -3.32. The predicted octanol–water partition coefficient (Wildman–Crippen LogP) is 4.21. The lowest BCUT2D eigenvalue weighted by Gasteiger charge is -2.11. The Balaban J connectivity index is 1.63. The maximum Gasteiger partial charge on any atom is 0.206 e. The summed E-state index contributed by atoms with van der Waals surface area (Å²) in [5.74, 6) is 0.551. The fourth-order valence-electron chi connectivity index (χ4n) is 2.70. The van der Waals surface area contributed by atoms with E-state index in [0.717, 1.165) is 11.4 Å². The molecule has 0 heterocycles. The monoisotopic (exact) mass is 410 g/mol. The number of hydrogen-bond acceptors (Lipinski definition) is 6. The van der Waals surface area contributed by atoms with Crippen LogP contribution in [0.25, 0.3) is 0 Å². The van der Waals surface area contributed by atoms with Crippen molar-refractivity contribution in [3.63, 3.8) is 0 Å². The average Bonchev–Trinajstić information content (AvgIpc) is 2.74. The highest BCUT2D eigenvalue weighted by Gasteiger charge is 2.17. The predicted molar refractivity (Wildman–Crippen MR) is 113 cm³/mol. The second-order valence-electron chi connectivity index (χ2n) is 6.35. The third-order valence-corrected chi connectivity index (χ3v) is 6.16. The highest BCUT2D eigenvalue weighted by Crippen LogP contribution is 2.23. The topological polar surface area (TPSA) is 84.5 Å². The van der Waals surface area contributed by atoms with Crippen molar-refractivity contribution < 1.29 is 17.9 Å². The second kappa shape index (κ2) is 8.79. The molecule has 0 spiro atoms. The summed E-state index contributed by atoms with van der Waals surface area (Å²) in [5.41, 5.74) is 2.15. The molecule has 3 aromatic rings. The van der Waals surface area contributed by atoms with Crippen molar-refractivity contribution in [3.05, 3.63) is 78.4 Å². The zero-order valence-corrected chi connectivity index (χ0v) is 17.0. The minimum Gasteiger partial charge on any atom is -0.473 e. The van der Waals surface area contributed by atoms with E-state index in [1.54, 1.807) is 79.8 Å². The van der Waals surface area contributed by atoms with Crippen molar-refractivity contribution in [2.75, 3.05) is 24.4 Å². The number of rotatable bonds is 8. The first kappa shape index (κ1) is 20.4. The van der Waals surface area contributed by atoms with E-state index in [1.807, 2.05) is 0 Å². The third kappa shape index (κ3) is 4.94. The SMILES string of the molecule is CNc1ccc(S(=O)(=O)c2ccc(NCOc3cccc(C(C)=O)c3)cc2)cc1. The lowest BCUT2D eigenvalue weighted by Crippen LogP contribution is -2.09. The van der Waals surface area contributed by atoms with Crippen molar-refractivity contribution in [2.45, 2.75) is 16.7 Å². The normalized spacial score (nSPS) is 11.0. The molecule has 29 heavy (non-hydrogen) atoms. The molecule has 0 aliphatic rings. The molecule has 7 heteroatoms. The highest BCUT2D eigenvalue weighted by atomic mass is 32.2. The average molecular weight is 410 g/mol. The minimum atomic E-state index is -3.58. The lowest BCUT2D eigenvalue weighted by atomic mass is 10.1. The summed E-state index contributed by atoms with van der Waals surface area (Å²) in [6.45, 7) is 1.68. The molecule has 3 aromatic carbocycles. The third-order valence-electron chi connectivity index (χ3n) is 4.37.